The number of aromatic nitrogens is 2. The van der Waals surface area contributed by atoms with Gasteiger partial charge in [0.1, 0.15) is 5.69 Å². The number of rotatable bonds is 3. The van der Waals surface area contributed by atoms with Crippen LogP contribution in [0.1, 0.15) is 23.1 Å². The molecule has 1 aromatic heterocycles. The third-order valence-electron chi connectivity index (χ3n) is 3.58. The van der Waals surface area contributed by atoms with Crippen molar-refractivity contribution in [2.75, 3.05) is 13.1 Å². The van der Waals surface area contributed by atoms with E-state index in [1.807, 2.05) is 6.92 Å². The lowest BCUT2D eigenvalue weighted by molar-refractivity contribution is -0.187. The third kappa shape index (κ3) is 3.01. The van der Waals surface area contributed by atoms with E-state index in [9.17, 15) is 22.8 Å². The number of nitrogens with zero attached hydrogens (tertiary/aromatic N) is 2. The minimum atomic E-state index is -4.65. The van der Waals surface area contributed by atoms with Crippen LogP contribution in [0.25, 0.3) is 0 Å². The lowest BCUT2D eigenvalue weighted by Crippen LogP contribution is -2.34. The van der Waals surface area contributed by atoms with Gasteiger partial charge in [0.25, 0.3) is 5.91 Å². The largest absolute Gasteiger partial charge is 0.481 e. The molecule has 1 aromatic rings. The molecule has 0 unspecified atom stereocenters. The van der Waals surface area contributed by atoms with Crippen molar-refractivity contribution in [3.05, 3.63) is 17.5 Å². The topological polar surface area (TPSA) is 86.3 Å². The predicted octanol–water partition coefficient (Wildman–Crippen LogP) is 1.31. The zero-order valence-electron chi connectivity index (χ0n) is 11.1. The van der Waals surface area contributed by atoms with Crippen molar-refractivity contribution in [3.8, 4) is 0 Å². The highest BCUT2D eigenvalue weighted by molar-refractivity contribution is 5.93. The Labute approximate surface area is 117 Å². The zero-order valence-corrected chi connectivity index (χ0v) is 11.1. The van der Waals surface area contributed by atoms with Crippen LogP contribution >= 0.6 is 0 Å². The number of carbonyl (C=O) groups is 2. The van der Waals surface area contributed by atoms with Crippen LogP contribution in [0.15, 0.2) is 6.07 Å². The Kier molecular flexibility index (Phi) is 3.93. The highest BCUT2D eigenvalue weighted by atomic mass is 19.4. The number of amides is 1. The van der Waals surface area contributed by atoms with E-state index in [0.717, 1.165) is 4.90 Å². The molecule has 1 saturated heterocycles. The van der Waals surface area contributed by atoms with Crippen LogP contribution < -0.4 is 0 Å². The van der Waals surface area contributed by atoms with Crippen LogP contribution in [0, 0.1) is 11.8 Å². The third-order valence-corrected chi connectivity index (χ3v) is 3.58. The smallest absolute Gasteiger partial charge is 0.394 e. The number of hydrogen-bond acceptors (Lipinski definition) is 3. The van der Waals surface area contributed by atoms with E-state index in [4.69, 9.17) is 5.11 Å². The molecule has 2 rings (SSSR count). The average Bonchev–Trinajstić information content (AvgIpc) is 3.04. The minimum absolute atomic E-state index is 0.00110. The molecule has 1 aliphatic rings. The number of halogens is 3. The normalized spacial score (nSPS) is 22.6. The number of carboxylic acid groups (broad SMARTS) is 1. The van der Waals surface area contributed by atoms with Gasteiger partial charge >= 0.3 is 12.1 Å². The van der Waals surface area contributed by atoms with Crippen molar-refractivity contribution in [2.24, 2.45) is 11.8 Å². The summed E-state index contributed by atoms with van der Waals surface area (Å²) >= 11 is 0. The molecule has 21 heavy (non-hydrogen) atoms. The second-order valence-electron chi connectivity index (χ2n) is 4.93. The number of nitrogens with one attached hydrogen (secondary N) is 1. The molecule has 0 spiro atoms. The Morgan fingerprint density at radius 3 is 2.57 bits per heavy atom. The summed E-state index contributed by atoms with van der Waals surface area (Å²) < 4.78 is 38.5. The fourth-order valence-electron chi connectivity index (χ4n) is 2.37. The molecular formula is C12H14F3N3O3. The van der Waals surface area contributed by atoms with E-state index in [1.54, 1.807) is 0 Å². The van der Waals surface area contributed by atoms with E-state index in [1.165, 1.54) is 6.07 Å². The van der Waals surface area contributed by atoms with Crippen molar-refractivity contribution in [3.63, 3.8) is 0 Å². The predicted molar refractivity (Wildman–Crippen MR) is 64.5 cm³/mol. The van der Waals surface area contributed by atoms with E-state index in [-0.39, 0.29) is 5.69 Å². The highest BCUT2D eigenvalue weighted by Crippen LogP contribution is 2.38. The van der Waals surface area contributed by atoms with Crippen molar-refractivity contribution < 1.29 is 27.9 Å². The SMILES string of the molecule is CCc1cc(C(=O)N2C[C@@H](C(F)(F)F)[C@H](C(=O)O)C2)n[nH]1. The number of likely N-dealkylation sites (tertiary alicyclic amines) is 1. The van der Waals surface area contributed by atoms with E-state index < -0.39 is 43.0 Å². The maximum absolute atomic E-state index is 12.8. The molecule has 0 saturated carbocycles. The first-order chi connectivity index (χ1) is 9.74. The Balaban J connectivity index is 2.18. The summed E-state index contributed by atoms with van der Waals surface area (Å²) in [4.78, 5) is 23.9. The quantitative estimate of drug-likeness (QED) is 0.881. The number of aromatic amines is 1. The van der Waals surface area contributed by atoms with Crippen LogP contribution in [-0.2, 0) is 11.2 Å². The minimum Gasteiger partial charge on any atom is -0.481 e. The molecule has 9 heteroatoms. The lowest BCUT2D eigenvalue weighted by Gasteiger charge is -2.17. The summed E-state index contributed by atoms with van der Waals surface area (Å²) in [5.41, 5.74) is 0.679. The van der Waals surface area contributed by atoms with E-state index in [0.29, 0.717) is 12.1 Å². The fraction of sp³-hybridized carbons (Fsp3) is 0.583. The fourth-order valence-corrected chi connectivity index (χ4v) is 2.37. The summed E-state index contributed by atoms with van der Waals surface area (Å²) in [5.74, 6) is -5.94. The Morgan fingerprint density at radius 2 is 2.14 bits per heavy atom. The van der Waals surface area contributed by atoms with E-state index in [2.05, 4.69) is 10.2 Å². The van der Waals surface area contributed by atoms with Crippen LogP contribution in [-0.4, -0.2) is 51.3 Å². The summed E-state index contributed by atoms with van der Waals surface area (Å²) in [6, 6.07) is 1.46. The number of carbonyl (C=O) groups excluding carboxylic acids is 1. The molecule has 0 aromatic carbocycles. The molecule has 2 heterocycles. The maximum Gasteiger partial charge on any atom is 0.394 e. The molecule has 0 bridgehead atoms. The summed E-state index contributed by atoms with van der Waals surface area (Å²) in [6.07, 6.45) is -4.05. The van der Waals surface area contributed by atoms with Gasteiger partial charge in [-0.1, -0.05) is 6.92 Å². The molecule has 0 radical (unpaired) electrons. The van der Waals surface area contributed by atoms with Crippen LogP contribution in [0.3, 0.4) is 0 Å². The van der Waals surface area contributed by atoms with Gasteiger partial charge < -0.3 is 10.0 Å². The van der Waals surface area contributed by atoms with Crippen molar-refractivity contribution in [1.82, 2.24) is 15.1 Å². The molecule has 1 fully saturated rings. The summed E-state index contributed by atoms with van der Waals surface area (Å²) in [5, 5.41) is 15.2. The molecule has 0 aliphatic carbocycles. The first-order valence-corrected chi connectivity index (χ1v) is 6.37. The maximum atomic E-state index is 12.8. The van der Waals surface area contributed by atoms with Crippen LogP contribution in [0.4, 0.5) is 13.2 Å². The van der Waals surface area contributed by atoms with Gasteiger partial charge in [0.2, 0.25) is 0 Å². The Bertz CT molecular complexity index is 555. The summed E-state index contributed by atoms with van der Waals surface area (Å²) in [6.45, 7) is 0.706. The van der Waals surface area contributed by atoms with Gasteiger partial charge in [0.15, 0.2) is 0 Å². The first-order valence-electron chi connectivity index (χ1n) is 6.37. The molecule has 2 N–H and O–H groups in total. The van der Waals surface area contributed by atoms with Gasteiger partial charge in [-0.2, -0.15) is 18.3 Å². The molecule has 2 atom stereocenters. The van der Waals surface area contributed by atoms with Gasteiger partial charge in [-0.15, -0.1) is 0 Å². The van der Waals surface area contributed by atoms with Crippen molar-refractivity contribution >= 4 is 11.9 Å². The Morgan fingerprint density at radius 1 is 1.48 bits per heavy atom. The standard InChI is InChI=1S/C12H14F3N3O3/c1-2-6-3-9(17-16-6)10(19)18-4-7(11(20)21)8(5-18)12(13,14)15/h3,7-8H,2,4-5H2,1H3,(H,16,17)(H,20,21)/t7-,8-/m1/s1. The van der Waals surface area contributed by atoms with Gasteiger partial charge in [-0.3, -0.25) is 14.7 Å². The van der Waals surface area contributed by atoms with Crippen LogP contribution in [0.5, 0.6) is 0 Å². The number of carboxylic acids is 1. The van der Waals surface area contributed by atoms with Crippen LogP contribution in [0.2, 0.25) is 0 Å². The van der Waals surface area contributed by atoms with Gasteiger partial charge in [-0.05, 0) is 12.5 Å². The molecule has 6 nitrogen and oxygen atoms in total. The monoisotopic (exact) mass is 305 g/mol. The number of alkyl halides is 3. The number of aryl methyl sites for hydroxylation is 1. The van der Waals surface area contributed by atoms with Crippen molar-refractivity contribution in [1.29, 1.82) is 0 Å². The number of hydrogen-bond donors (Lipinski definition) is 2. The Hall–Kier alpha value is -2.06. The molecule has 116 valence electrons. The van der Waals surface area contributed by atoms with Gasteiger partial charge in [-0.25, -0.2) is 0 Å². The van der Waals surface area contributed by atoms with Crippen molar-refractivity contribution in [2.45, 2.75) is 19.5 Å². The average molecular weight is 305 g/mol. The molecule has 1 aliphatic heterocycles. The second kappa shape index (κ2) is 5.38. The highest BCUT2D eigenvalue weighted by Gasteiger charge is 2.53. The van der Waals surface area contributed by atoms with E-state index >= 15 is 0 Å². The second-order valence-corrected chi connectivity index (χ2v) is 4.93. The number of aliphatic carboxylic acids is 1. The zero-order chi connectivity index (χ0) is 15.8. The number of H-pyrrole nitrogens is 1. The van der Waals surface area contributed by atoms with Gasteiger partial charge in [0, 0.05) is 18.8 Å². The van der Waals surface area contributed by atoms with Gasteiger partial charge in [0.05, 0.1) is 11.8 Å². The lowest BCUT2D eigenvalue weighted by atomic mass is 9.96. The molecular weight excluding hydrogens is 291 g/mol. The first kappa shape index (κ1) is 15.3. The molecule has 1 amide bonds. The summed E-state index contributed by atoms with van der Waals surface area (Å²) in [7, 11) is 0.